The molecule has 0 aromatic carbocycles. The van der Waals surface area contributed by atoms with E-state index in [2.05, 4.69) is 19.2 Å². The minimum absolute atomic E-state index is 0.0219. The Kier molecular flexibility index (Phi) is 3.44. The highest BCUT2D eigenvalue weighted by Crippen LogP contribution is 2.42. The molecule has 0 saturated heterocycles. The van der Waals surface area contributed by atoms with E-state index >= 15 is 0 Å². The molecule has 0 aromatic heterocycles. The Morgan fingerprint density at radius 2 is 2.13 bits per heavy atom. The zero-order valence-electron chi connectivity index (χ0n) is 10.3. The van der Waals surface area contributed by atoms with Crippen molar-refractivity contribution in [2.75, 3.05) is 6.61 Å². The lowest BCUT2D eigenvalue weighted by molar-refractivity contribution is -0.129. The van der Waals surface area contributed by atoms with E-state index in [0.29, 0.717) is 0 Å². The van der Waals surface area contributed by atoms with Gasteiger partial charge in [-0.3, -0.25) is 4.79 Å². The molecular weight excluding hydrogens is 190 g/mol. The smallest absolute Gasteiger partial charge is 0.224 e. The van der Waals surface area contributed by atoms with Gasteiger partial charge in [0.2, 0.25) is 5.91 Å². The summed E-state index contributed by atoms with van der Waals surface area (Å²) in [6.45, 7) is 7.96. The van der Waals surface area contributed by atoms with Gasteiger partial charge < -0.3 is 10.4 Å². The Morgan fingerprint density at radius 1 is 1.53 bits per heavy atom. The molecule has 1 atom stereocenters. The summed E-state index contributed by atoms with van der Waals surface area (Å²) in [4.78, 5) is 12.0. The quantitative estimate of drug-likeness (QED) is 0.749. The Labute approximate surface area is 92.3 Å². The Balaban J connectivity index is 2.62. The molecule has 0 spiro atoms. The molecular formula is C12H23NO2. The van der Waals surface area contributed by atoms with Gasteiger partial charge in [0, 0.05) is 5.92 Å². The van der Waals surface area contributed by atoms with Crippen molar-refractivity contribution in [2.45, 2.75) is 52.5 Å². The SMILES string of the molecule is CC(C)(CO)NC(=O)C1CCCC1(C)C. The van der Waals surface area contributed by atoms with Gasteiger partial charge in [0.1, 0.15) is 0 Å². The van der Waals surface area contributed by atoms with Crippen molar-refractivity contribution < 1.29 is 9.90 Å². The Morgan fingerprint density at radius 3 is 2.53 bits per heavy atom. The number of nitrogens with one attached hydrogen (secondary N) is 1. The van der Waals surface area contributed by atoms with Crippen molar-refractivity contribution in [1.29, 1.82) is 0 Å². The normalized spacial score (nSPS) is 25.3. The maximum atomic E-state index is 12.0. The van der Waals surface area contributed by atoms with Crippen LogP contribution in [-0.4, -0.2) is 23.2 Å². The number of carbonyl (C=O) groups excluding carboxylic acids is 1. The van der Waals surface area contributed by atoms with Gasteiger partial charge in [-0.05, 0) is 32.1 Å². The average molecular weight is 213 g/mol. The minimum Gasteiger partial charge on any atom is -0.394 e. The van der Waals surface area contributed by atoms with Gasteiger partial charge in [-0.1, -0.05) is 20.3 Å². The molecule has 15 heavy (non-hydrogen) atoms. The summed E-state index contributed by atoms with van der Waals surface area (Å²) in [5, 5.41) is 12.0. The molecule has 0 aromatic rings. The van der Waals surface area contributed by atoms with Crippen LogP contribution in [0.25, 0.3) is 0 Å². The molecule has 3 heteroatoms. The van der Waals surface area contributed by atoms with E-state index in [1.54, 1.807) is 0 Å². The molecule has 0 heterocycles. The van der Waals surface area contributed by atoms with E-state index in [9.17, 15) is 4.79 Å². The molecule has 1 aliphatic carbocycles. The van der Waals surface area contributed by atoms with Gasteiger partial charge in [0.15, 0.2) is 0 Å². The molecule has 1 unspecified atom stereocenters. The summed E-state index contributed by atoms with van der Waals surface area (Å²) in [7, 11) is 0. The molecule has 0 aliphatic heterocycles. The third-order valence-electron chi connectivity index (χ3n) is 3.43. The second-order valence-corrected chi connectivity index (χ2v) is 5.96. The van der Waals surface area contributed by atoms with E-state index in [4.69, 9.17) is 5.11 Å². The number of aliphatic hydroxyl groups is 1. The average Bonchev–Trinajstić information content (AvgIpc) is 2.44. The van der Waals surface area contributed by atoms with E-state index < -0.39 is 5.54 Å². The lowest BCUT2D eigenvalue weighted by atomic mass is 9.81. The van der Waals surface area contributed by atoms with Crippen LogP contribution in [0.1, 0.15) is 47.0 Å². The largest absolute Gasteiger partial charge is 0.394 e. The monoisotopic (exact) mass is 213 g/mol. The van der Waals surface area contributed by atoms with Crippen molar-refractivity contribution in [2.24, 2.45) is 11.3 Å². The van der Waals surface area contributed by atoms with Gasteiger partial charge in [0.05, 0.1) is 12.1 Å². The predicted molar refractivity (Wildman–Crippen MR) is 60.4 cm³/mol. The van der Waals surface area contributed by atoms with E-state index in [-0.39, 0.29) is 23.8 Å². The molecule has 1 aliphatic rings. The van der Waals surface area contributed by atoms with E-state index in [1.807, 2.05) is 13.8 Å². The summed E-state index contributed by atoms with van der Waals surface area (Å²) >= 11 is 0. The van der Waals surface area contributed by atoms with Crippen molar-refractivity contribution in [3.63, 3.8) is 0 Å². The number of hydrogen-bond acceptors (Lipinski definition) is 2. The van der Waals surface area contributed by atoms with Crippen molar-refractivity contribution in [3.05, 3.63) is 0 Å². The van der Waals surface area contributed by atoms with Crippen LogP contribution in [0, 0.1) is 11.3 Å². The van der Waals surface area contributed by atoms with Gasteiger partial charge in [-0.2, -0.15) is 0 Å². The highest BCUT2D eigenvalue weighted by atomic mass is 16.3. The van der Waals surface area contributed by atoms with Crippen molar-refractivity contribution >= 4 is 5.91 Å². The zero-order valence-corrected chi connectivity index (χ0v) is 10.3. The van der Waals surface area contributed by atoms with Crippen LogP contribution in [-0.2, 0) is 4.79 Å². The number of hydrogen-bond donors (Lipinski definition) is 2. The third-order valence-corrected chi connectivity index (χ3v) is 3.43. The summed E-state index contributed by atoms with van der Waals surface area (Å²) in [6, 6.07) is 0. The topological polar surface area (TPSA) is 49.3 Å². The third kappa shape index (κ3) is 2.94. The lowest BCUT2D eigenvalue weighted by Gasteiger charge is -2.31. The fourth-order valence-corrected chi connectivity index (χ4v) is 2.27. The first-order valence-corrected chi connectivity index (χ1v) is 5.71. The molecule has 1 saturated carbocycles. The molecule has 0 radical (unpaired) electrons. The standard InChI is InChI=1S/C12H23NO2/c1-11(2)7-5-6-9(11)10(15)13-12(3,4)8-14/h9,14H,5-8H2,1-4H3,(H,13,15). The van der Waals surface area contributed by atoms with Gasteiger partial charge in [0.25, 0.3) is 0 Å². The summed E-state index contributed by atoms with van der Waals surface area (Å²) < 4.78 is 0. The van der Waals surface area contributed by atoms with Crippen LogP contribution >= 0.6 is 0 Å². The molecule has 88 valence electrons. The summed E-state index contributed by atoms with van der Waals surface area (Å²) in [5.74, 6) is 0.194. The fraction of sp³-hybridized carbons (Fsp3) is 0.917. The van der Waals surface area contributed by atoms with E-state index in [0.717, 1.165) is 19.3 Å². The van der Waals surface area contributed by atoms with Crippen molar-refractivity contribution in [1.82, 2.24) is 5.32 Å². The van der Waals surface area contributed by atoms with Gasteiger partial charge in [-0.15, -0.1) is 0 Å². The second kappa shape index (κ2) is 4.12. The van der Waals surface area contributed by atoms with E-state index in [1.165, 1.54) is 0 Å². The molecule has 1 amide bonds. The number of rotatable bonds is 3. The van der Waals surface area contributed by atoms with Crippen LogP contribution in [0.2, 0.25) is 0 Å². The fourth-order valence-electron chi connectivity index (χ4n) is 2.27. The first kappa shape index (κ1) is 12.5. The maximum absolute atomic E-state index is 12.0. The molecule has 0 bridgehead atoms. The number of carbonyl (C=O) groups is 1. The lowest BCUT2D eigenvalue weighted by Crippen LogP contribution is -2.50. The summed E-state index contributed by atoms with van der Waals surface area (Å²) in [5.41, 5.74) is -0.397. The maximum Gasteiger partial charge on any atom is 0.224 e. The van der Waals surface area contributed by atoms with Crippen LogP contribution in [0.3, 0.4) is 0 Å². The molecule has 2 N–H and O–H groups in total. The first-order valence-electron chi connectivity index (χ1n) is 5.71. The summed E-state index contributed by atoms with van der Waals surface area (Å²) in [6.07, 6.45) is 3.22. The van der Waals surface area contributed by atoms with Crippen molar-refractivity contribution in [3.8, 4) is 0 Å². The van der Waals surface area contributed by atoms with Gasteiger partial charge in [-0.25, -0.2) is 0 Å². The van der Waals surface area contributed by atoms with Gasteiger partial charge >= 0.3 is 0 Å². The second-order valence-electron chi connectivity index (χ2n) is 5.96. The minimum atomic E-state index is -0.504. The zero-order chi connectivity index (χ0) is 11.7. The predicted octanol–water partition coefficient (Wildman–Crippen LogP) is 1.70. The van der Waals surface area contributed by atoms with Crippen LogP contribution in [0.15, 0.2) is 0 Å². The van der Waals surface area contributed by atoms with Crippen LogP contribution in [0.4, 0.5) is 0 Å². The molecule has 1 rings (SSSR count). The Bertz CT molecular complexity index is 246. The highest BCUT2D eigenvalue weighted by molar-refractivity contribution is 5.80. The Hall–Kier alpha value is -0.570. The highest BCUT2D eigenvalue weighted by Gasteiger charge is 2.40. The number of amides is 1. The van der Waals surface area contributed by atoms with Crippen LogP contribution < -0.4 is 5.32 Å². The molecule has 3 nitrogen and oxygen atoms in total. The van der Waals surface area contributed by atoms with Crippen LogP contribution in [0.5, 0.6) is 0 Å². The molecule has 1 fully saturated rings. The number of aliphatic hydroxyl groups excluding tert-OH is 1. The first-order chi connectivity index (χ1) is 6.78.